The summed E-state index contributed by atoms with van der Waals surface area (Å²) < 4.78 is 11.1. The van der Waals surface area contributed by atoms with Crippen molar-refractivity contribution < 1.29 is 14.3 Å². The number of piperidine rings is 1. The molecule has 2 heterocycles. The summed E-state index contributed by atoms with van der Waals surface area (Å²) in [5, 5.41) is 3.44. The van der Waals surface area contributed by atoms with E-state index >= 15 is 0 Å². The lowest BCUT2D eigenvalue weighted by Crippen LogP contribution is -2.46. The van der Waals surface area contributed by atoms with Gasteiger partial charge in [-0.25, -0.2) is 4.79 Å². The van der Waals surface area contributed by atoms with Gasteiger partial charge in [-0.15, -0.1) is 11.8 Å². The highest BCUT2D eigenvalue weighted by Crippen LogP contribution is 2.41. The Hall–Kier alpha value is -1.11. The highest BCUT2D eigenvalue weighted by molar-refractivity contribution is 8.00. The Labute approximate surface area is 139 Å². The quantitative estimate of drug-likeness (QED) is 0.894. The average Bonchev–Trinajstić information content (AvgIpc) is 2.96. The number of methoxy groups -OCH3 is 1. The van der Waals surface area contributed by atoms with E-state index < -0.39 is 0 Å². The third-order valence-electron chi connectivity index (χ3n) is 4.03. The number of nitrogens with one attached hydrogen (secondary N) is 1. The minimum Gasteiger partial charge on any atom is -0.495 e. The minimum absolute atomic E-state index is 0.0650. The van der Waals surface area contributed by atoms with E-state index in [0.717, 1.165) is 25.2 Å². The molecule has 2 amide bonds. The molecule has 1 aromatic rings. The van der Waals surface area contributed by atoms with Crippen LogP contribution in [-0.4, -0.2) is 48.4 Å². The van der Waals surface area contributed by atoms with Gasteiger partial charge in [0.1, 0.15) is 10.7 Å². The molecule has 1 N–H and O–H groups in total. The van der Waals surface area contributed by atoms with E-state index in [4.69, 9.17) is 21.1 Å². The maximum atomic E-state index is 12.4. The Bertz CT molecular complexity index is 554. The molecule has 0 bridgehead atoms. The Morgan fingerprint density at radius 2 is 2.23 bits per heavy atom. The first-order valence-electron chi connectivity index (χ1n) is 7.29. The van der Waals surface area contributed by atoms with Crippen molar-refractivity contribution in [3.8, 4) is 5.75 Å². The summed E-state index contributed by atoms with van der Waals surface area (Å²) >= 11 is 7.86. The van der Waals surface area contributed by atoms with Gasteiger partial charge in [0.05, 0.1) is 19.4 Å². The van der Waals surface area contributed by atoms with E-state index in [-0.39, 0.29) is 11.0 Å². The van der Waals surface area contributed by atoms with Gasteiger partial charge in [0, 0.05) is 36.7 Å². The van der Waals surface area contributed by atoms with Gasteiger partial charge >= 0.3 is 6.03 Å². The summed E-state index contributed by atoms with van der Waals surface area (Å²) in [4.78, 5) is 14.2. The standard InChI is InChI=1S/C15H19ClN2O3S/c1-20-13-3-2-11(16)10-12(13)17-14(19)18-6-4-15(5-7-18)21-8-9-22-15/h2-3,10H,4-9H2,1H3,(H,17,19). The fourth-order valence-electron chi connectivity index (χ4n) is 2.81. The lowest BCUT2D eigenvalue weighted by atomic mass is 10.1. The molecule has 2 aliphatic rings. The molecule has 1 spiro atoms. The van der Waals surface area contributed by atoms with Crippen LogP contribution in [0.4, 0.5) is 10.5 Å². The van der Waals surface area contributed by atoms with Crippen LogP contribution in [0.15, 0.2) is 18.2 Å². The van der Waals surface area contributed by atoms with Crippen LogP contribution in [0.3, 0.4) is 0 Å². The first-order chi connectivity index (χ1) is 10.6. The molecule has 0 aromatic heterocycles. The second-order valence-electron chi connectivity index (χ2n) is 5.37. The van der Waals surface area contributed by atoms with E-state index in [0.29, 0.717) is 29.5 Å². The van der Waals surface area contributed by atoms with Crippen molar-refractivity contribution in [2.75, 3.05) is 37.9 Å². The van der Waals surface area contributed by atoms with E-state index in [2.05, 4.69) is 5.32 Å². The second-order valence-corrected chi connectivity index (χ2v) is 7.25. The highest BCUT2D eigenvalue weighted by Gasteiger charge is 2.40. The molecule has 2 saturated heterocycles. The smallest absolute Gasteiger partial charge is 0.321 e. The fraction of sp³-hybridized carbons (Fsp3) is 0.533. The number of rotatable bonds is 2. The van der Waals surface area contributed by atoms with Crippen molar-refractivity contribution in [1.29, 1.82) is 0 Å². The number of hydrogen-bond acceptors (Lipinski definition) is 4. The molecular formula is C15H19ClN2O3S. The number of urea groups is 1. The lowest BCUT2D eigenvalue weighted by Gasteiger charge is -2.37. The number of nitrogens with zero attached hydrogens (tertiary/aromatic N) is 1. The number of amides is 2. The molecule has 0 radical (unpaired) electrons. The number of carbonyl (C=O) groups is 1. The van der Waals surface area contributed by atoms with Crippen molar-refractivity contribution in [3.63, 3.8) is 0 Å². The number of halogens is 1. The number of benzene rings is 1. The van der Waals surface area contributed by atoms with Gasteiger partial charge in [-0.1, -0.05) is 11.6 Å². The van der Waals surface area contributed by atoms with Gasteiger partial charge in [0.2, 0.25) is 0 Å². The van der Waals surface area contributed by atoms with Crippen molar-refractivity contribution >= 4 is 35.1 Å². The van der Waals surface area contributed by atoms with Gasteiger partial charge in [-0.2, -0.15) is 0 Å². The lowest BCUT2D eigenvalue weighted by molar-refractivity contribution is 0.0105. The van der Waals surface area contributed by atoms with Gasteiger partial charge in [0.25, 0.3) is 0 Å². The van der Waals surface area contributed by atoms with E-state index in [1.165, 1.54) is 0 Å². The molecule has 5 nitrogen and oxygen atoms in total. The topological polar surface area (TPSA) is 50.8 Å². The normalized spacial score (nSPS) is 20.2. The van der Waals surface area contributed by atoms with Crippen LogP contribution in [-0.2, 0) is 4.74 Å². The van der Waals surface area contributed by atoms with Crippen LogP contribution in [0.1, 0.15) is 12.8 Å². The number of anilines is 1. The van der Waals surface area contributed by atoms with Gasteiger partial charge in [-0.05, 0) is 18.2 Å². The van der Waals surface area contributed by atoms with Crippen molar-refractivity contribution in [1.82, 2.24) is 4.90 Å². The highest BCUT2D eigenvalue weighted by atomic mass is 35.5. The Morgan fingerprint density at radius 3 is 2.86 bits per heavy atom. The molecule has 120 valence electrons. The number of likely N-dealkylation sites (tertiary alicyclic amines) is 1. The largest absolute Gasteiger partial charge is 0.495 e. The van der Waals surface area contributed by atoms with Gasteiger partial charge in [0.15, 0.2) is 0 Å². The number of hydrogen-bond donors (Lipinski definition) is 1. The van der Waals surface area contributed by atoms with Crippen molar-refractivity contribution in [2.24, 2.45) is 0 Å². The molecule has 2 aliphatic heterocycles. The number of thioether (sulfide) groups is 1. The summed E-state index contributed by atoms with van der Waals surface area (Å²) in [5.74, 6) is 1.65. The summed E-state index contributed by atoms with van der Waals surface area (Å²) in [6.45, 7) is 2.21. The van der Waals surface area contributed by atoms with E-state index in [1.54, 1.807) is 25.3 Å². The van der Waals surface area contributed by atoms with Crippen LogP contribution in [0.2, 0.25) is 5.02 Å². The SMILES string of the molecule is COc1ccc(Cl)cc1NC(=O)N1CCC2(CC1)OCCS2. The number of ether oxygens (including phenoxy) is 2. The fourth-order valence-corrected chi connectivity index (χ4v) is 4.16. The predicted octanol–water partition coefficient (Wildman–Crippen LogP) is 3.44. The maximum Gasteiger partial charge on any atom is 0.321 e. The van der Waals surface area contributed by atoms with Crippen LogP contribution in [0, 0.1) is 0 Å². The monoisotopic (exact) mass is 342 g/mol. The predicted molar refractivity (Wildman–Crippen MR) is 89.0 cm³/mol. The van der Waals surface area contributed by atoms with Crippen LogP contribution in [0.5, 0.6) is 5.75 Å². The third kappa shape index (κ3) is 3.29. The first-order valence-corrected chi connectivity index (χ1v) is 8.66. The van der Waals surface area contributed by atoms with E-state index in [9.17, 15) is 4.79 Å². The van der Waals surface area contributed by atoms with Crippen LogP contribution < -0.4 is 10.1 Å². The van der Waals surface area contributed by atoms with Gasteiger partial charge < -0.3 is 19.7 Å². The molecule has 0 saturated carbocycles. The maximum absolute atomic E-state index is 12.4. The molecule has 2 fully saturated rings. The molecule has 1 aromatic carbocycles. The molecule has 0 atom stereocenters. The van der Waals surface area contributed by atoms with Gasteiger partial charge in [-0.3, -0.25) is 0 Å². The zero-order chi connectivity index (χ0) is 15.6. The summed E-state index contributed by atoms with van der Waals surface area (Å²) in [7, 11) is 1.57. The molecular weight excluding hydrogens is 324 g/mol. The van der Waals surface area contributed by atoms with Crippen LogP contribution in [0.25, 0.3) is 0 Å². The molecule has 3 rings (SSSR count). The third-order valence-corrected chi connectivity index (χ3v) is 5.69. The Balaban J connectivity index is 1.62. The molecule has 0 unspecified atom stereocenters. The van der Waals surface area contributed by atoms with Crippen molar-refractivity contribution in [2.45, 2.75) is 17.8 Å². The minimum atomic E-state index is -0.126. The zero-order valence-electron chi connectivity index (χ0n) is 12.4. The molecule has 22 heavy (non-hydrogen) atoms. The summed E-state index contributed by atoms with van der Waals surface area (Å²) in [6, 6.07) is 5.04. The Morgan fingerprint density at radius 1 is 1.45 bits per heavy atom. The summed E-state index contributed by atoms with van der Waals surface area (Å²) in [6.07, 6.45) is 1.75. The average molecular weight is 343 g/mol. The van der Waals surface area contributed by atoms with Crippen LogP contribution >= 0.6 is 23.4 Å². The molecule has 7 heteroatoms. The van der Waals surface area contributed by atoms with E-state index in [1.807, 2.05) is 16.7 Å². The summed E-state index contributed by atoms with van der Waals surface area (Å²) in [5.41, 5.74) is 0.590. The first kappa shape index (κ1) is 15.8. The zero-order valence-corrected chi connectivity index (χ0v) is 14.0. The Kier molecular flexibility index (Phi) is 4.70. The second kappa shape index (κ2) is 6.56. The van der Waals surface area contributed by atoms with Crippen molar-refractivity contribution in [3.05, 3.63) is 23.2 Å². The molecule has 0 aliphatic carbocycles. The number of carbonyl (C=O) groups excluding carboxylic acids is 1.